The number of rotatable bonds is 8. The van der Waals surface area contributed by atoms with Crippen molar-refractivity contribution < 1.29 is 30.4 Å². The average Bonchev–Trinajstić information content (AvgIpc) is 2.69. The van der Waals surface area contributed by atoms with Gasteiger partial charge in [-0.15, -0.1) is 0 Å². The summed E-state index contributed by atoms with van der Waals surface area (Å²) in [5.41, 5.74) is 0.680. The van der Waals surface area contributed by atoms with E-state index in [1.54, 1.807) is 19.1 Å². The maximum Gasteiger partial charge on any atom is 0.263 e. The Morgan fingerprint density at radius 1 is 0.765 bits per heavy atom. The number of phenols is 1. The van der Waals surface area contributed by atoms with E-state index < -0.39 is 40.7 Å². The first-order valence-electron chi connectivity index (χ1n) is 9.39. The van der Waals surface area contributed by atoms with Crippen LogP contribution in [0, 0.1) is 6.92 Å². The van der Waals surface area contributed by atoms with Gasteiger partial charge in [0, 0.05) is 6.07 Å². The van der Waals surface area contributed by atoms with Gasteiger partial charge in [-0.2, -0.15) is 0 Å². The lowest BCUT2D eigenvalue weighted by atomic mass is 10.2. The van der Waals surface area contributed by atoms with Gasteiger partial charge in [0.25, 0.3) is 20.0 Å². The first kappa shape index (κ1) is 25.6. The predicted octanol–water partition coefficient (Wildman–Crippen LogP) is 3.33. The van der Waals surface area contributed by atoms with Crippen LogP contribution in [0.2, 0.25) is 5.02 Å². The molecule has 0 spiro atoms. The normalized spacial score (nSPS) is 12.2. The fourth-order valence-corrected chi connectivity index (χ4v) is 6.04. The summed E-state index contributed by atoms with van der Waals surface area (Å²) < 4.78 is 80.3. The van der Waals surface area contributed by atoms with Crippen molar-refractivity contribution >= 4 is 58.7 Å². The fraction of sp³-hybridized carbons (Fsp3) is 0.100. The van der Waals surface area contributed by atoms with Crippen molar-refractivity contribution in [1.29, 1.82) is 0 Å². The Morgan fingerprint density at radius 3 is 1.94 bits per heavy atom. The van der Waals surface area contributed by atoms with Gasteiger partial charge in [0.2, 0.25) is 10.0 Å². The van der Waals surface area contributed by atoms with E-state index in [0.717, 1.165) is 24.0 Å². The lowest BCUT2D eigenvalue weighted by molar-refractivity contribution is 0.475. The maximum atomic E-state index is 12.8. The van der Waals surface area contributed by atoms with Crippen molar-refractivity contribution in [2.45, 2.75) is 16.7 Å². The molecular weight excluding hydrogens is 526 g/mol. The third-order valence-electron chi connectivity index (χ3n) is 4.33. The molecule has 0 unspecified atom stereocenters. The molecule has 10 nitrogen and oxygen atoms in total. The topological polar surface area (TPSA) is 159 Å². The third kappa shape index (κ3) is 6.32. The van der Waals surface area contributed by atoms with Crippen molar-refractivity contribution in [2.75, 3.05) is 20.4 Å². The van der Waals surface area contributed by atoms with Crippen molar-refractivity contribution in [3.63, 3.8) is 0 Å². The SMILES string of the molecule is Cc1ccc(S(=O)(=O)Nc2cc(Cl)c(S(=O)(=O)Nc3cccc(NS(C)(=O)=O)c3)cc2O)cc1. The van der Waals surface area contributed by atoms with Crippen molar-refractivity contribution in [3.8, 4) is 5.75 Å². The summed E-state index contributed by atoms with van der Waals surface area (Å²) in [4.78, 5) is -0.582. The number of hydrogen-bond acceptors (Lipinski definition) is 7. The zero-order chi connectivity index (χ0) is 25.3. The van der Waals surface area contributed by atoms with E-state index >= 15 is 0 Å². The number of benzene rings is 3. The molecule has 0 atom stereocenters. The van der Waals surface area contributed by atoms with E-state index in [1.807, 2.05) is 0 Å². The molecule has 3 aromatic carbocycles. The molecule has 0 saturated carbocycles. The van der Waals surface area contributed by atoms with Gasteiger partial charge in [0.1, 0.15) is 10.6 Å². The quantitative estimate of drug-likeness (QED) is 0.316. The number of sulfonamides is 3. The number of halogens is 1. The highest BCUT2D eigenvalue weighted by molar-refractivity contribution is 7.93. The number of aromatic hydroxyl groups is 1. The highest BCUT2D eigenvalue weighted by Crippen LogP contribution is 2.35. The van der Waals surface area contributed by atoms with E-state index in [-0.39, 0.29) is 27.0 Å². The van der Waals surface area contributed by atoms with Crippen LogP contribution in [0.5, 0.6) is 5.75 Å². The number of nitrogens with one attached hydrogen (secondary N) is 3. The number of phenolic OH excluding ortho intramolecular Hbond substituents is 1. The molecule has 182 valence electrons. The van der Waals surface area contributed by atoms with E-state index in [0.29, 0.717) is 0 Å². The molecule has 0 aliphatic carbocycles. The van der Waals surface area contributed by atoms with Gasteiger partial charge in [0.15, 0.2) is 0 Å². The minimum Gasteiger partial charge on any atom is -0.506 e. The van der Waals surface area contributed by atoms with Crippen molar-refractivity contribution in [1.82, 2.24) is 0 Å². The van der Waals surface area contributed by atoms with Crippen LogP contribution in [-0.2, 0) is 30.1 Å². The highest BCUT2D eigenvalue weighted by Gasteiger charge is 2.23. The molecule has 0 radical (unpaired) electrons. The molecule has 0 fully saturated rings. The molecule has 0 aliphatic heterocycles. The Morgan fingerprint density at radius 2 is 1.35 bits per heavy atom. The lowest BCUT2D eigenvalue weighted by Crippen LogP contribution is -2.16. The fourth-order valence-electron chi connectivity index (χ4n) is 2.82. The molecule has 4 N–H and O–H groups in total. The van der Waals surface area contributed by atoms with E-state index in [4.69, 9.17) is 11.6 Å². The second kappa shape index (κ2) is 9.33. The summed E-state index contributed by atoms with van der Waals surface area (Å²) in [6, 6.07) is 13.2. The Hall–Kier alpha value is -3.00. The van der Waals surface area contributed by atoms with Gasteiger partial charge >= 0.3 is 0 Å². The van der Waals surface area contributed by atoms with Gasteiger partial charge in [-0.25, -0.2) is 25.3 Å². The number of hydrogen-bond donors (Lipinski definition) is 4. The van der Waals surface area contributed by atoms with Gasteiger partial charge in [0.05, 0.1) is 33.2 Å². The van der Waals surface area contributed by atoms with Gasteiger partial charge < -0.3 is 5.11 Å². The summed E-state index contributed by atoms with van der Waals surface area (Å²) >= 11 is 6.11. The maximum absolute atomic E-state index is 12.8. The van der Waals surface area contributed by atoms with Crippen LogP contribution in [0.4, 0.5) is 17.1 Å². The highest BCUT2D eigenvalue weighted by atomic mass is 35.5. The molecule has 14 heteroatoms. The van der Waals surface area contributed by atoms with Crippen molar-refractivity contribution in [3.05, 3.63) is 71.2 Å². The number of aryl methyl sites for hydroxylation is 1. The lowest BCUT2D eigenvalue weighted by Gasteiger charge is -2.14. The summed E-state index contributed by atoms with van der Waals surface area (Å²) in [5.74, 6) is -0.673. The zero-order valence-electron chi connectivity index (χ0n) is 17.8. The Kier molecular flexibility index (Phi) is 7.03. The summed E-state index contributed by atoms with van der Waals surface area (Å²) in [5, 5.41) is 9.95. The molecule has 0 saturated heterocycles. The van der Waals surface area contributed by atoms with Gasteiger partial charge in [-0.3, -0.25) is 14.2 Å². The minimum atomic E-state index is -4.34. The summed E-state index contributed by atoms with van der Waals surface area (Å²) in [6.45, 7) is 1.79. The molecular formula is C20H20ClN3O7S3. The second-order valence-corrected chi connectivity index (χ2v) is 12.8. The minimum absolute atomic E-state index is 0.0216. The van der Waals surface area contributed by atoms with Crippen LogP contribution >= 0.6 is 11.6 Å². The molecule has 34 heavy (non-hydrogen) atoms. The van der Waals surface area contributed by atoms with Crippen LogP contribution in [-0.4, -0.2) is 36.6 Å². The van der Waals surface area contributed by atoms with Crippen LogP contribution in [0.25, 0.3) is 0 Å². The molecule has 0 bridgehead atoms. The number of anilines is 3. The monoisotopic (exact) mass is 545 g/mol. The molecule has 0 aliphatic rings. The van der Waals surface area contributed by atoms with E-state index in [9.17, 15) is 30.4 Å². The Bertz CT molecular complexity index is 1560. The average molecular weight is 546 g/mol. The molecule has 3 rings (SSSR count). The molecule has 3 aromatic rings. The van der Waals surface area contributed by atoms with Crippen LogP contribution in [0.1, 0.15) is 5.56 Å². The van der Waals surface area contributed by atoms with Crippen LogP contribution in [0.15, 0.2) is 70.5 Å². The third-order valence-corrected chi connectivity index (χ3v) is 8.17. The molecule has 0 aromatic heterocycles. The Balaban J connectivity index is 1.89. The second-order valence-electron chi connectivity index (χ2n) is 7.28. The first-order valence-corrected chi connectivity index (χ1v) is 14.6. The Labute approximate surface area is 202 Å². The summed E-state index contributed by atoms with van der Waals surface area (Å²) in [7, 11) is -12.0. The summed E-state index contributed by atoms with van der Waals surface area (Å²) in [6.07, 6.45) is 0.945. The van der Waals surface area contributed by atoms with E-state index in [1.165, 1.54) is 36.4 Å². The van der Waals surface area contributed by atoms with Gasteiger partial charge in [-0.1, -0.05) is 35.4 Å². The predicted molar refractivity (Wildman–Crippen MR) is 131 cm³/mol. The van der Waals surface area contributed by atoms with Crippen molar-refractivity contribution in [2.24, 2.45) is 0 Å². The first-order chi connectivity index (χ1) is 15.7. The standard InChI is InChI=1S/C20H20ClN3O7S3/c1-13-6-8-16(9-7-13)33(28,29)24-18-11-17(21)20(12-19(18)25)34(30,31)23-15-5-3-4-14(10-15)22-32(2,26)27/h3-12,22-25H,1-2H3. The van der Waals surface area contributed by atoms with Gasteiger partial charge in [-0.05, 0) is 43.3 Å². The van der Waals surface area contributed by atoms with E-state index in [2.05, 4.69) is 14.2 Å². The largest absolute Gasteiger partial charge is 0.506 e. The van der Waals surface area contributed by atoms with Crippen LogP contribution in [0.3, 0.4) is 0 Å². The van der Waals surface area contributed by atoms with Crippen LogP contribution < -0.4 is 14.2 Å². The smallest absolute Gasteiger partial charge is 0.263 e. The zero-order valence-corrected chi connectivity index (χ0v) is 21.0. The molecule has 0 amide bonds. The molecule has 0 heterocycles.